The minimum atomic E-state index is -3.70. The van der Waals surface area contributed by atoms with E-state index in [1.54, 1.807) is 17.1 Å². The lowest BCUT2D eigenvalue weighted by molar-refractivity contribution is 0.164. The number of nitrogens with zero attached hydrogens (tertiary/aromatic N) is 4. The van der Waals surface area contributed by atoms with E-state index in [4.69, 9.17) is 9.43 Å². The van der Waals surface area contributed by atoms with Gasteiger partial charge in [0.2, 0.25) is 0 Å². The molecule has 2 unspecified atom stereocenters. The number of benzene rings is 1. The second kappa shape index (κ2) is 10.9. The van der Waals surface area contributed by atoms with Gasteiger partial charge in [0.15, 0.2) is 14.9 Å². The van der Waals surface area contributed by atoms with E-state index in [0.717, 1.165) is 36.8 Å². The maximum Gasteiger partial charge on any atom is 0.454 e. The summed E-state index contributed by atoms with van der Waals surface area (Å²) in [6, 6.07) is 4.60. The zero-order valence-corrected chi connectivity index (χ0v) is 22.7. The Morgan fingerprint density at radius 2 is 2.15 bits per heavy atom. The second-order valence-electron chi connectivity index (χ2n) is 10.3. The topological polar surface area (TPSA) is 164 Å². The highest BCUT2D eigenvalue weighted by atomic mass is 32.2. The Balaban J connectivity index is 1.42. The van der Waals surface area contributed by atoms with Gasteiger partial charge in [0.25, 0.3) is 0 Å². The van der Waals surface area contributed by atoms with Crippen LogP contribution >= 0.6 is 0 Å². The van der Waals surface area contributed by atoms with Crippen LogP contribution in [-0.4, -0.2) is 48.3 Å². The number of nitrogens with one attached hydrogen (secondary N) is 3. The first-order valence-electron chi connectivity index (χ1n) is 13.0. The summed E-state index contributed by atoms with van der Waals surface area (Å²) in [4.78, 5) is 29.7. The van der Waals surface area contributed by atoms with Crippen molar-refractivity contribution in [3.8, 4) is 11.1 Å². The molecule has 1 aliphatic carbocycles. The molecule has 39 heavy (non-hydrogen) atoms. The molecule has 206 valence electrons. The molecule has 2 aliphatic rings. The summed E-state index contributed by atoms with van der Waals surface area (Å²) >= 11 is 0. The molecule has 1 aliphatic heterocycles. The van der Waals surface area contributed by atoms with Crippen molar-refractivity contribution >= 4 is 28.8 Å². The number of amides is 2. The van der Waals surface area contributed by atoms with Crippen molar-refractivity contribution in [1.82, 2.24) is 24.1 Å². The van der Waals surface area contributed by atoms with E-state index >= 15 is 0 Å². The molecule has 0 bridgehead atoms. The minimum Gasteiger partial charge on any atom is -0.427 e. The van der Waals surface area contributed by atoms with Gasteiger partial charge in [-0.25, -0.2) is 28.3 Å². The fraction of sp³-hybridized carbons (Fsp3) is 0.440. The molecule has 4 N–H and O–H groups in total. The number of carbonyl (C=O) groups is 1. The molecular weight excluding hydrogens is 521 g/mol. The number of rotatable bonds is 7. The average Bonchev–Trinajstić information content (AvgIpc) is 3.58. The number of anilines is 1. The molecule has 14 heteroatoms. The van der Waals surface area contributed by atoms with Crippen LogP contribution in [-0.2, 0) is 34.0 Å². The van der Waals surface area contributed by atoms with E-state index in [9.17, 15) is 18.8 Å². The molecule has 5 rings (SSSR count). The Kier molecular flexibility index (Phi) is 7.60. The Morgan fingerprint density at radius 1 is 1.33 bits per heavy atom. The Morgan fingerprint density at radius 3 is 2.87 bits per heavy atom. The third kappa shape index (κ3) is 5.92. The predicted molar refractivity (Wildman–Crippen MR) is 147 cm³/mol. The third-order valence-electron chi connectivity index (χ3n) is 7.13. The highest BCUT2D eigenvalue weighted by Gasteiger charge is 2.26. The van der Waals surface area contributed by atoms with E-state index in [-0.39, 0.29) is 17.0 Å². The zero-order valence-electron chi connectivity index (χ0n) is 21.9. The summed E-state index contributed by atoms with van der Waals surface area (Å²) in [6.45, 7) is 4.56. The summed E-state index contributed by atoms with van der Waals surface area (Å²) in [5, 5.41) is 16.6. The molecule has 2 aromatic heterocycles. The van der Waals surface area contributed by atoms with Crippen LogP contribution in [0.5, 0.6) is 0 Å². The standard InChI is InChI=1S/C25H32BN7O5S/c1-16(2)33-11-9-22(30-33)39(27,37)31-24(34)29-23-20-5-3-4-18(20)6-7-21(23)19-12-28-25(35)32(14-19)13-17-8-10-26(36)38-15-17/h6-7,9,11-12,14,16-17,36H,3-5,8,10,13,15H2,1-2H3,(H3,27,29,31,34,37). The van der Waals surface area contributed by atoms with Crippen LogP contribution in [0.3, 0.4) is 0 Å². The van der Waals surface area contributed by atoms with Crippen molar-refractivity contribution in [2.75, 3.05) is 11.9 Å². The maximum absolute atomic E-state index is 13.1. The quantitative estimate of drug-likeness (QED) is 0.327. The van der Waals surface area contributed by atoms with Gasteiger partial charge in [-0.15, -0.1) is 0 Å². The van der Waals surface area contributed by atoms with Crippen molar-refractivity contribution in [2.45, 2.75) is 63.5 Å². The van der Waals surface area contributed by atoms with Crippen molar-refractivity contribution in [1.29, 1.82) is 4.78 Å². The van der Waals surface area contributed by atoms with Gasteiger partial charge < -0.3 is 15.0 Å². The molecular formula is C25H32BN7O5S. The van der Waals surface area contributed by atoms with Crippen LogP contribution in [0.15, 0.2) is 46.6 Å². The number of fused-ring (bicyclic) bond motifs is 1. The van der Waals surface area contributed by atoms with Crippen molar-refractivity contribution in [3.63, 3.8) is 0 Å². The first kappa shape index (κ1) is 27.1. The molecule has 12 nitrogen and oxygen atoms in total. The first-order chi connectivity index (χ1) is 18.6. The average molecular weight is 553 g/mol. The number of urea groups is 1. The summed E-state index contributed by atoms with van der Waals surface area (Å²) in [6.07, 6.45) is 8.62. The van der Waals surface area contributed by atoms with Crippen LogP contribution in [0.2, 0.25) is 6.32 Å². The first-order valence-corrected chi connectivity index (χ1v) is 14.6. The third-order valence-corrected chi connectivity index (χ3v) is 8.41. The lowest BCUT2D eigenvalue weighted by Crippen LogP contribution is -2.34. The predicted octanol–water partition coefficient (Wildman–Crippen LogP) is 2.84. The van der Waals surface area contributed by atoms with Gasteiger partial charge in [-0.3, -0.25) is 9.25 Å². The largest absolute Gasteiger partial charge is 0.454 e. The molecule has 0 saturated carbocycles. The second-order valence-corrected chi connectivity index (χ2v) is 12.1. The SMILES string of the molecule is CC(C)n1ccc(S(=N)(=O)NC(=O)Nc2c(-c3cnc(=O)n(CC4CCB(O)OC4)c3)ccc3c2CCC3)n1. The number of hydrogen-bond donors (Lipinski definition) is 4. The molecule has 2 atom stereocenters. The van der Waals surface area contributed by atoms with Gasteiger partial charge in [-0.1, -0.05) is 12.1 Å². The van der Waals surface area contributed by atoms with Crippen LogP contribution in [0.1, 0.15) is 43.9 Å². The van der Waals surface area contributed by atoms with Gasteiger partial charge in [-0.2, -0.15) is 5.10 Å². The lowest BCUT2D eigenvalue weighted by Gasteiger charge is -2.24. The van der Waals surface area contributed by atoms with Crippen molar-refractivity contribution < 1.29 is 18.7 Å². The van der Waals surface area contributed by atoms with Gasteiger partial charge in [-0.05, 0) is 69.0 Å². The fourth-order valence-corrected chi connectivity index (χ4v) is 5.95. The monoisotopic (exact) mass is 553 g/mol. The molecule has 3 aromatic rings. The smallest absolute Gasteiger partial charge is 0.427 e. The van der Waals surface area contributed by atoms with Crippen molar-refractivity contribution in [2.24, 2.45) is 5.92 Å². The maximum atomic E-state index is 13.1. The molecule has 1 saturated heterocycles. The number of aryl methyl sites for hydroxylation is 1. The van der Waals surface area contributed by atoms with E-state index in [1.807, 2.05) is 26.0 Å². The van der Waals surface area contributed by atoms with Crippen molar-refractivity contribution in [3.05, 3.63) is 58.4 Å². The van der Waals surface area contributed by atoms with E-state index in [0.29, 0.717) is 36.3 Å². The van der Waals surface area contributed by atoms with E-state index in [2.05, 4.69) is 20.1 Å². The van der Waals surface area contributed by atoms with Gasteiger partial charge in [0, 0.05) is 48.9 Å². The fourth-order valence-electron chi connectivity index (χ4n) is 5.07. The highest BCUT2D eigenvalue weighted by molar-refractivity contribution is 7.91. The van der Waals surface area contributed by atoms with Gasteiger partial charge in [0.05, 0.1) is 5.69 Å². The van der Waals surface area contributed by atoms with Gasteiger partial charge in [0.1, 0.15) is 0 Å². The Labute approximate surface area is 227 Å². The molecule has 3 heterocycles. The normalized spacial score (nSPS) is 18.6. The summed E-state index contributed by atoms with van der Waals surface area (Å²) in [7, 11) is -4.46. The zero-order chi connectivity index (χ0) is 27.7. The molecule has 0 spiro atoms. The van der Waals surface area contributed by atoms with Crippen LogP contribution in [0.25, 0.3) is 11.1 Å². The number of aromatic nitrogens is 4. The summed E-state index contributed by atoms with van der Waals surface area (Å²) in [5.74, 6) is 0.0657. The Hall–Kier alpha value is -3.49. The molecule has 1 aromatic carbocycles. The number of hydrogen-bond acceptors (Lipinski definition) is 8. The van der Waals surface area contributed by atoms with Crippen LogP contribution in [0, 0.1) is 10.7 Å². The lowest BCUT2D eigenvalue weighted by atomic mass is 9.77. The Bertz CT molecular complexity index is 1540. The summed E-state index contributed by atoms with van der Waals surface area (Å²) < 4.78 is 32.1. The van der Waals surface area contributed by atoms with E-state index in [1.165, 1.54) is 16.8 Å². The number of carbonyl (C=O) groups excluding carboxylic acids is 1. The minimum absolute atomic E-state index is 0.0198. The molecule has 0 radical (unpaired) electrons. The molecule has 1 fully saturated rings. The highest BCUT2D eigenvalue weighted by Crippen LogP contribution is 2.37. The van der Waals surface area contributed by atoms with Crippen LogP contribution < -0.4 is 15.7 Å². The van der Waals surface area contributed by atoms with Gasteiger partial charge >= 0.3 is 18.8 Å². The van der Waals surface area contributed by atoms with E-state index < -0.39 is 28.8 Å². The van der Waals surface area contributed by atoms with Crippen LogP contribution in [0.4, 0.5) is 10.5 Å². The molecule has 2 amide bonds. The summed E-state index contributed by atoms with van der Waals surface area (Å²) in [5.41, 5.74) is 3.53.